The van der Waals surface area contributed by atoms with E-state index in [4.69, 9.17) is 4.74 Å². The zero-order valence-corrected chi connectivity index (χ0v) is 16.8. The third-order valence-corrected chi connectivity index (χ3v) is 4.82. The Hall–Kier alpha value is -2.16. The van der Waals surface area contributed by atoms with E-state index in [0.717, 1.165) is 12.8 Å². The van der Waals surface area contributed by atoms with Crippen LogP contribution in [0.5, 0.6) is 0 Å². The molecule has 1 heterocycles. The average molecular weight is 397 g/mol. The molecular formula is C19H31N3O6. The Morgan fingerprint density at radius 3 is 2.50 bits per heavy atom. The number of carbonyl (C=O) groups is 4. The van der Waals surface area contributed by atoms with Gasteiger partial charge in [-0.05, 0) is 46.0 Å². The molecule has 2 aliphatic rings. The Balaban J connectivity index is 1.89. The fourth-order valence-electron chi connectivity index (χ4n) is 3.27. The van der Waals surface area contributed by atoms with E-state index >= 15 is 0 Å². The number of carbonyl (C=O) groups excluding carboxylic acids is 4. The quantitative estimate of drug-likeness (QED) is 0.508. The first-order valence-corrected chi connectivity index (χ1v) is 9.80. The van der Waals surface area contributed by atoms with Crippen molar-refractivity contribution in [1.29, 1.82) is 0 Å². The van der Waals surface area contributed by atoms with Crippen molar-refractivity contribution in [2.45, 2.75) is 76.7 Å². The van der Waals surface area contributed by atoms with Crippen molar-refractivity contribution in [3.63, 3.8) is 0 Å². The lowest BCUT2D eigenvalue weighted by atomic mass is 10.0. The van der Waals surface area contributed by atoms with Crippen LogP contribution in [0, 0.1) is 5.92 Å². The van der Waals surface area contributed by atoms with E-state index in [1.807, 2.05) is 0 Å². The van der Waals surface area contributed by atoms with Gasteiger partial charge in [0.05, 0.1) is 6.04 Å². The first kappa shape index (κ1) is 22.1. The minimum atomic E-state index is -1.26. The summed E-state index contributed by atoms with van der Waals surface area (Å²) in [5, 5.41) is 15.0. The van der Waals surface area contributed by atoms with Crippen molar-refractivity contribution in [2.75, 3.05) is 13.1 Å². The van der Waals surface area contributed by atoms with Crippen LogP contribution in [-0.4, -0.2) is 71.1 Å². The molecule has 0 radical (unpaired) electrons. The lowest BCUT2D eigenvalue weighted by Crippen LogP contribution is -2.53. The molecule has 3 atom stereocenters. The Morgan fingerprint density at radius 1 is 1.25 bits per heavy atom. The van der Waals surface area contributed by atoms with Crippen molar-refractivity contribution >= 4 is 24.2 Å². The van der Waals surface area contributed by atoms with E-state index in [9.17, 15) is 24.3 Å². The molecule has 9 heteroatoms. The molecule has 0 aromatic rings. The van der Waals surface area contributed by atoms with Gasteiger partial charge in [-0.1, -0.05) is 12.8 Å². The van der Waals surface area contributed by atoms with Gasteiger partial charge in [0.25, 0.3) is 0 Å². The molecule has 0 bridgehead atoms. The van der Waals surface area contributed by atoms with Crippen LogP contribution < -0.4 is 10.6 Å². The normalized spacial score (nSPS) is 21.6. The first-order chi connectivity index (χ1) is 13.1. The van der Waals surface area contributed by atoms with Gasteiger partial charge in [-0.25, -0.2) is 4.79 Å². The number of nitrogens with one attached hydrogen (secondary N) is 2. The van der Waals surface area contributed by atoms with E-state index < -0.39 is 29.9 Å². The number of rotatable bonds is 8. The minimum absolute atomic E-state index is 0.263. The third kappa shape index (κ3) is 6.78. The Labute approximate surface area is 165 Å². The number of aldehydes is 1. The molecule has 1 saturated carbocycles. The number of alkyl carbamates (subject to hydrolysis) is 1. The summed E-state index contributed by atoms with van der Waals surface area (Å²) in [6.07, 6.45) is 2.24. The highest BCUT2D eigenvalue weighted by atomic mass is 16.6. The third-order valence-electron chi connectivity index (χ3n) is 4.82. The summed E-state index contributed by atoms with van der Waals surface area (Å²) < 4.78 is 5.10. The Kier molecular flexibility index (Phi) is 7.40. The van der Waals surface area contributed by atoms with E-state index in [2.05, 4.69) is 10.6 Å². The molecule has 28 heavy (non-hydrogen) atoms. The molecule has 1 saturated heterocycles. The second kappa shape index (κ2) is 9.36. The molecule has 3 unspecified atom stereocenters. The van der Waals surface area contributed by atoms with Gasteiger partial charge in [0.2, 0.25) is 11.8 Å². The number of likely N-dealkylation sites (tertiary alicyclic amines) is 1. The number of hydrogen-bond acceptors (Lipinski definition) is 6. The molecule has 9 nitrogen and oxygen atoms in total. The number of hydrogen-bond donors (Lipinski definition) is 3. The van der Waals surface area contributed by atoms with Crippen LogP contribution in [0.4, 0.5) is 4.79 Å². The van der Waals surface area contributed by atoms with Gasteiger partial charge in [-0.15, -0.1) is 0 Å². The van der Waals surface area contributed by atoms with Crippen LogP contribution in [0.2, 0.25) is 0 Å². The summed E-state index contributed by atoms with van der Waals surface area (Å²) in [5.74, 6) is -0.341. The summed E-state index contributed by atoms with van der Waals surface area (Å²) in [6.45, 7) is 5.32. The predicted molar refractivity (Wildman–Crippen MR) is 100 cm³/mol. The highest BCUT2D eigenvalue weighted by Gasteiger charge is 2.37. The summed E-state index contributed by atoms with van der Waals surface area (Å²) in [4.78, 5) is 49.2. The van der Waals surface area contributed by atoms with Crippen molar-refractivity contribution in [3.8, 4) is 0 Å². The Morgan fingerprint density at radius 2 is 1.93 bits per heavy atom. The Bertz CT molecular complexity index is 599. The molecule has 3 N–H and O–H groups in total. The van der Waals surface area contributed by atoms with E-state index in [1.165, 1.54) is 4.90 Å². The standard InChI is InChI=1S/C19H31N3O6/c1-19(2,3)28-18(27)20-10-16(25)22-8-4-5-14(22)17(26)21-13(15(24)11-23)9-12-6-7-12/h11-15,24H,4-10H2,1-3H3,(H,20,27)(H,21,26). The monoisotopic (exact) mass is 397 g/mol. The molecule has 2 rings (SSSR count). The van der Waals surface area contributed by atoms with Gasteiger partial charge in [0.15, 0.2) is 6.29 Å². The fraction of sp³-hybridized carbons (Fsp3) is 0.789. The fourth-order valence-corrected chi connectivity index (χ4v) is 3.27. The number of aliphatic hydroxyl groups is 1. The predicted octanol–water partition coefficient (Wildman–Crippen LogP) is 0.347. The molecule has 3 amide bonds. The van der Waals surface area contributed by atoms with E-state index in [-0.39, 0.29) is 18.4 Å². The molecule has 158 valence electrons. The van der Waals surface area contributed by atoms with Gasteiger partial charge in [0.1, 0.15) is 24.3 Å². The van der Waals surface area contributed by atoms with Crippen LogP contribution in [0.15, 0.2) is 0 Å². The maximum atomic E-state index is 12.7. The smallest absolute Gasteiger partial charge is 0.408 e. The van der Waals surface area contributed by atoms with Gasteiger partial charge >= 0.3 is 6.09 Å². The number of amides is 3. The zero-order chi connectivity index (χ0) is 20.9. The summed E-state index contributed by atoms with van der Waals surface area (Å²) >= 11 is 0. The van der Waals surface area contributed by atoms with Gasteiger partial charge in [-0.2, -0.15) is 0 Å². The topological polar surface area (TPSA) is 125 Å². The van der Waals surface area contributed by atoms with Gasteiger partial charge < -0.3 is 30.2 Å². The highest BCUT2D eigenvalue weighted by molar-refractivity contribution is 5.90. The van der Waals surface area contributed by atoms with Crippen molar-refractivity contribution < 1.29 is 29.0 Å². The summed E-state index contributed by atoms with van der Waals surface area (Å²) in [7, 11) is 0. The van der Waals surface area contributed by atoms with Gasteiger partial charge in [-0.3, -0.25) is 9.59 Å². The van der Waals surface area contributed by atoms with Crippen molar-refractivity contribution in [1.82, 2.24) is 15.5 Å². The number of ether oxygens (including phenoxy) is 1. The van der Waals surface area contributed by atoms with Crippen LogP contribution in [-0.2, 0) is 19.1 Å². The molecule has 1 aliphatic heterocycles. The van der Waals surface area contributed by atoms with Crippen LogP contribution in [0.3, 0.4) is 0 Å². The first-order valence-electron chi connectivity index (χ1n) is 9.80. The zero-order valence-electron chi connectivity index (χ0n) is 16.8. The SMILES string of the molecule is CC(C)(C)OC(=O)NCC(=O)N1CCCC1C(=O)NC(CC1CC1)C(O)C=O. The van der Waals surface area contributed by atoms with E-state index in [1.54, 1.807) is 20.8 Å². The van der Waals surface area contributed by atoms with Gasteiger partial charge in [0, 0.05) is 6.54 Å². The van der Waals surface area contributed by atoms with Crippen LogP contribution in [0.1, 0.15) is 52.9 Å². The molecule has 0 spiro atoms. The van der Waals surface area contributed by atoms with Crippen molar-refractivity contribution in [2.24, 2.45) is 5.92 Å². The summed E-state index contributed by atoms with van der Waals surface area (Å²) in [6, 6.07) is -1.32. The second-order valence-corrected chi connectivity index (χ2v) is 8.52. The average Bonchev–Trinajstić information content (AvgIpc) is 3.28. The van der Waals surface area contributed by atoms with Crippen LogP contribution >= 0.6 is 0 Å². The molecular weight excluding hydrogens is 366 g/mol. The summed E-state index contributed by atoms with van der Waals surface area (Å²) in [5.41, 5.74) is -0.667. The molecule has 1 aliphatic carbocycles. The second-order valence-electron chi connectivity index (χ2n) is 8.52. The number of aliphatic hydroxyl groups excluding tert-OH is 1. The largest absolute Gasteiger partial charge is 0.444 e. The van der Waals surface area contributed by atoms with E-state index in [0.29, 0.717) is 38.0 Å². The highest BCUT2D eigenvalue weighted by Crippen LogP contribution is 2.34. The van der Waals surface area contributed by atoms with Crippen LogP contribution in [0.25, 0.3) is 0 Å². The number of nitrogens with zero attached hydrogens (tertiary/aromatic N) is 1. The lowest BCUT2D eigenvalue weighted by Gasteiger charge is -2.28. The molecule has 0 aromatic carbocycles. The van der Waals surface area contributed by atoms with Crippen molar-refractivity contribution in [3.05, 3.63) is 0 Å². The minimum Gasteiger partial charge on any atom is -0.444 e. The lowest BCUT2D eigenvalue weighted by molar-refractivity contribution is -0.138. The maximum absolute atomic E-state index is 12.7. The maximum Gasteiger partial charge on any atom is 0.408 e. The molecule has 2 fully saturated rings. The molecule has 0 aromatic heterocycles.